The standard InChI is InChI=1S/C13H24N2O3/c1-5-7-14-8-12(16)15(9-11(3)4)10-13(17)18-6-2/h5,11,14H,1,6-10H2,2-4H3. The lowest BCUT2D eigenvalue weighted by atomic mass is 10.2. The topological polar surface area (TPSA) is 58.6 Å². The van der Waals surface area contributed by atoms with Gasteiger partial charge in [0, 0.05) is 13.1 Å². The van der Waals surface area contributed by atoms with Crippen LogP contribution in [0.4, 0.5) is 0 Å². The molecule has 0 radical (unpaired) electrons. The first kappa shape index (κ1) is 16.6. The maximum absolute atomic E-state index is 11.9. The number of esters is 1. The number of amides is 1. The van der Waals surface area contributed by atoms with Gasteiger partial charge in [-0.05, 0) is 12.8 Å². The molecule has 0 aromatic carbocycles. The van der Waals surface area contributed by atoms with Gasteiger partial charge in [-0.2, -0.15) is 0 Å². The van der Waals surface area contributed by atoms with E-state index in [1.807, 2.05) is 13.8 Å². The third-order valence-electron chi connectivity index (χ3n) is 2.13. The van der Waals surface area contributed by atoms with Gasteiger partial charge in [0.1, 0.15) is 6.54 Å². The summed E-state index contributed by atoms with van der Waals surface area (Å²) in [6, 6.07) is 0. The third kappa shape index (κ3) is 7.84. The highest BCUT2D eigenvalue weighted by atomic mass is 16.5. The van der Waals surface area contributed by atoms with Crippen molar-refractivity contribution in [1.82, 2.24) is 10.2 Å². The van der Waals surface area contributed by atoms with Gasteiger partial charge in [0.15, 0.2) is 0 Å². The molecule has 18 heavy (non-hydrogen) atoms. The van der Waals surface area contributed by atoms with Crippen molar-refractivity contribution in [3.05, 3.63) is 12.7 Å². The van der Waals surface area contributed by atoms with E-state index in [1.54, 1.807) is 13.0 Å². The largest absolute Gasteiger partial charge is 0.465 e. The second-order valence-corrected chi connectivity index (χ2v) is 4.39. The van der Waals surface area contributed by atoms with Gasteiger partial charge >= 0.3 is 5.97 Å². The third-order valence-corrected chi connectivity index (χ3v) is 2.13. The molecule has 104 valence electrons. The Labute approximate surface area is 109 Å². The summed E-state index contributed by atoms with van der Waals surface area (Å²) in [5.41, 5.74) is 0. The number of hydrogen-bond acceptors (Lipinski definition) is 4. The van der Waals surface area contributed by atoms with Crippen LogP contribution in [0.1, 0.15) is 20.8 Å². The van der Waals surface area contributed by atoms with Crippen LogP contribution in [0.15, 0.2) is 12.7 Å². The van der Waals surface area contributed by atoms with E-state index < -0.39 is 0 Å². The van der Waals surface area contributed by atoms with Crippen molar-refractivity contribution in [2.24, 2.45) is 5.92 Å². The number of ether oxygens (including phenoxy) is 1. The van der Waals surface area contributed by atoms with E-state index in [9.17, 15) is 9.59 Å². The predicted molar refractivity (Wildman–Crippen MR) is 71.1 cm³/mol. The quantitative estimate of drug-likeness (QED) is 0.377. The molecule has 0 atom stereocenters. The Morgan fingerprint density at radius 3 is 2.61 bits per heavy atom. The summed E-state index contributed by atoms with van der Waals surface area (Å²) in [6.07, 6.45) is 1.69. The van der Waals surface area contributed by atoms with Crippen LogP contribution in [-0.4, -0.2) is 49.6 Å². The van der Waals surface area contributed by atoms with Crippen LogP contribution in [0.25, 0.3) is 0 Å². The summed E-state index contributed by atoms with van der Waals surface area (Å²) in [7, 11) is 0. The van der Waals surface area contributed by atoms with Gasteiger partial charge in [0.05, 0.1) is 13.2 Å². The zero-order valence-corrected chi connectivity index (χ0v) is 11.6. The molecule has 1 amide bonds. The molecule has 0 saturated heterocycles. The van der Waals surface area contributed by atoms with Gasteiger partial charge in [-0.15, -0.1) is 6.58 Å². The van der Waals surface area contributed by atoms with Gasteiger partial charge in [-0.1, -0.05) is 19.9 Å². The van der Waals surface area contributed by atoms with Crippen LogP contribution in [-0.2, 0) is 14.3 Å². The van der Waals surface area contributed by atoms with E-state index in [1.165, 1.54) is 4.90 Å². The molecule has 0 heterocycles. The molecule has 0 spiro atoms. The Kier molecular flexibility index (Phi) is 8.92. The fourth-order valence-corrected chi connectivity index (χ4v) is 1.45. The fourth-order valence-electron chi connectivity index (χ4n) is 1.45. The smallest absolute Gasteiger partial charge is 0.325 e. The Balaban J connectivity index is 4.32. The highest BCUT2D eigenvalue weighted by Crippen LogP contribution is 2.00. The lowest BCUT2D eigenvalue weighted by molar-refractivity contribution is -0.149. The molecule has 0 aliphatic carbocycles. The molecule has 0 aliphatic heterocycles. The maximum atomic E-state index is 11.9. The average molecular weight is 256 g/mol. The SMILES string of the molecule is C=CCNCC(=O)N(CC(=O)OCC)CC(C)C. The van der Waals surface area contributed by atoms with E-state index in [2.05, 4.69) is 11.9 Å². The molecule has 0 rings (SSSR count). The van der Waals surface area contributed by atoms with E-state index in [0.717, 1.165) is 0 Å². The summed E-state index contributed by atoms with van der Waals surface area (Å²) < 4.78 is 4.86. The van der Waals surface area contributed by atoms with Crippen molar-refractivity contribution in [3.63, 3.8) is 0 Å². The van der Waals surface area contributed by atoms with Crippen LogP contribution >= 0.6 is 0 Å². The van der Waals surface area contributed by atoms with Crippen molar-refractivity contribution in [2.45, 2.75) is 20.8 Å². The monoisotopic (exact) mass is 256 g/mol. The molecule has 0 aliphatic rings. The first-order chi connectivity index (χ1) is 8.51. The predicted octanol–water partition coefficient (Wildman–Crippen LogP) is 0.810. The number of rotatable bonds is 9. The minimum Gasteiger partial charge on any atom is -0.465 e. The molecule has 0 saturated carbocycles. The highest BCUT2D eigenvalue weighted by molar-refractivity contribution is 5.83. The van der Waals surface area contributed by atoms with Crippen molar-refractivity contribution in [1.29, 1.82) is 0 Å². The number of carbonyl (C=O) groups is 2. The number of nitrogens with one attached hydrogen (secondary N) is 1. The van der Waals surface area contributed by atoms with E-state index in [-0.39, 0.29) is 25.0 Å². The Hall–Kier alpha value is -1.36. The Morgan fingerprint density at radius 2 is 2.11 bits per heavy atom. The first-order valence-corrected chi connectivity index (χ1v) is 6.26. The first-order valence-electron chi connectivity index (χ1n) is 6.26. The van der Waals surface area contributed by atoms with Crippen LogP contribution in [0.2, 0.25) is 0 Å². The van der Waals surface area contributed by atoms with Crippen molar-refractivity contribution < 1.29 is 14.3 Å². The summed E-state index contributed by atoms with van der Waals surface area (Å²) in [5, 5.41) is 2.93. The van der Waals surface area contributed by atoms with E-state index >= 15 is 0 Å². The van der Waals surface area contributed by atoms with Crippen LogP contribution in [0, 0.1) is 5.92 Å². The zero-order valence-electron chi connectivity index (χ0n) is 11.6. The zero-order chi connectivity index (χ0) is 14.0. The maximum Gasteiger partial charge on any atom is 0.325 e. The average Bonchev–Trinajstić information content (AvgIpc) is 2.28. The number of nitrogens with zero attached hydrogens (tertiary/aromatic N) is 1. The lowest BCUT2D eigenvalue weighted by Crippen LogP contribution is -2.43. The van der Waals surface area contributed by atoms with Gasteiger partial charge in [-0.25, -0.2) is 0 Å². The summed E-state index contributed by atoms with van der Waals surface area (Å²) in [6.45, 7) is 11.0. The van der Waals surface area contributed by atoms with Crippen molar-refractivity contribution >= 4 is 11.9 Å². The van der Waals surface area contributed by atoms with Crippen LogP contribution in [0.3, 0.4) is 0 Å². The second-order valence-electron chi connectivity index (χ2n) is 4.39. The van der Waals surface area contributed by atoms with Gasteiger partial charge in [0.25, 0.3) is 0 Å². The lowest BCUT2D eigenvalue weighted by Gasteiger charge is -2.23. The Morgan fingerprint density at radius 1 is 1.44 bits per heavy atom. The van der Waals surface area contributed by atoms with E-state index in [0.29, 0.717) is 25.6 Å². The molecule has 0 unspecified atom stereocenters. The normalized spacial score (nSPS) is 10.2. The van der Waals surface area contributed by atoms with E-state index in [4.69, 9.17) is 4.74 Å². The van der Waals surface area contributed by atoms with Crippen molar-refractivity contribution in [3.8, 4) is 0 Å². The molecular formula is C13H24N2O3. The molecule has 5 nitrogen and oxygen atoms in total. The second kappa shape index (κ2) is 9.65. The summed E-state index contributed by atoms with van der Waals surface area (Å²) in [4.78, 5) is 24.9. The van der Waals surface area contributed by atoms with Crippen molar-refractivity contribution in [2.75, 3.05) is 32.8 Å². The minimum absolute atomic E-state index is 0.0145. The molecular weight excluding hydrogens is 232 g/mol. The molecule has 0 bridgehead atoms. The molecule has 0 aromatic heterocycles. The van der Waals surface area contributed by atoms with Crippen LogP contribution in [0.5, 0.6) is 0 Å². The molecule has 0 fully saturated rings. The Bertz CT molecular complexity index is 277. The highest BCUT2D eigenvalue weighted by Gasteiger charge is 2.18. The van der Waals surface area contributed by atoms with Crippen LogP contribution < -0.4 is 5.32 Å². The summed E-state index contributed by atoms with van der Waals surface area (Å²) >= 11 is 0. The van der Waals surface area contributed by atoms with Gasteiger partial charge in [0.2, 0.25) is 5.91 Å². The molecule has 0 aromatic rings. The minimum atomic E-state index is -0.366. The summed E-state index contributed by atoms with van der Waals surface area (Å²) in [5.74, 6) is -0.156. The number of carbonyl (C=O) groups excluding carboxylic acids is 2. The molecule has 1 N–H and O–H groups in total. The molecule has 5 heteroatoms. The number of hydrogen-bond donors (Lipinski definition) is 1. The fraction of sp³-hybridized carbons (Fsp3) is 0.692. The van der Waals surface area contributed by atoms with Gasteiger partial charge < -0.3 is 15.0 Å². The van der Waals surface area contributed by atoms with Gasteiger partial charge in [-0.3, -0.25) is 9.59 Å².